The number of nitrogens with one attached hydrogen (secondary N) is 1. The van der Waals surface area contributed by atoms with Crippen LogP contribution in [0.5, 0.6) is 0 Å². The lowest BCUT2D eigenvalue weighted by Gasteiger charge is -2.26. The molecule has 3 N–H and O–H groups in total. The molecule has 0 bridgehead atoms. The van der Waals surface area contributed by atoms with Crippen LogP contribution in [0.25, 0.3) is 0 Å². The zero-order valence-corrected chi connectivity index (χ0v) is 15.6. The number of morpholine rings is 1. The Kier molecular flexibility index (Phi) is 8.48. The number of hydrogen-bond donors (Lipinski definition) is 2. The molecule has 2 heterocycles. The van der Waals surface area contributed by atoms with Crippen LogP contribution in [0.3, 0.4) is 0 Å². The fourth-order valence-electron chi connectivity index (χ4n) is 2.82. The molecular formula is C18H32N6O. The Hall–Kier alpha value is -1.86. The summed E-state index contributed by atoms with van der Waals surface area (Å²) in [6, 6.07) is 4.11. The third kappa shape index (κ3) is 6.88. The molecule has 1 aliphatic heterocycles. The normalized spacial score (nSPS) is 16.0. The molecule has 1 fully saturated rings. The molecule has 2 rings (SSSR count). The van der Waals surface area contributed by atoms with Gasteiger partial charge in [0.05, 0.1) is 19.8 Å². The summed E-state index contributed by atoms with van der Waals surface area (Å²) in [7, 11) is 0. The van der Waals surface area contributed by atoms with Crippen LogP contribution in [0.15, 0.2) is 23.3 Å². The summed E-state index contributed by atoms with van der Waals surface area (Å²) in [6.45, 7) is 12.4. The number of hydrogen-bond acceptors (Lipinski definition) is 5. The van der Waals surface area contributed by atoms with Crippen molar-refractivity contribution < 1.29 is 4.74 Å². The molecule has 0 aliphatic carbocycles. The van der Waals surface area contributed by atoms with Gasteiger partial charge in [-0.15, -0.1) is 0 Å². The van der Waals surface area contributed by atoms with Crippen LogP contribution in [-0.2, 0) is 11.3 Å². The molecule has 7 heteroatoms. The van der Waals surface area contributed by atoms with Gasteiger partial charge < -0.3 is 20.7 Å². The number of aliphatic imine (C=N–C) groups is 1. The Bertz CT molecular complexity index is 509. The Labute approximate surface area is 151 Å². The standard InChI is InChI=1S/C18H32N6O/c1-3-24(4-2)17-7-6-16(14-21-17)15-22-18(19)20-8-5-9-23-10-12-25-13-11-23/h6-7,14H,3-5,8-13,15H2,1-2H3,(H3,19,20,22). The molecule has 0 atom stereocenters. The van der Waals surface area contributed by atoms with Crippen molar-refractivity contribution in [2.24, 2.45) is 10.7 Å². The van der Waals surface area contributed by atoms with Crippen LogP contribution in [-0.4, -0.2) is 68.3 Å². The summed E-state index contributed by atoms with van der Waals surface area (Å²) < 4.78 is 5.35. The Morgan fingerprint density at radius 2 is 2.08 bits per heavy atom. The molecule has 0 spiro atoms. The molecule has 25 heavy (non-hydrogen) atoms. The number of nitrogens with zero attached hydrogens (tertiary/aromatic N) is 4. The van der Waals surface area contributed by atoms with Gasteiger partial charge in [-0.25, -0.2) is 9.98 Å². The van der Waals surface area contributed by atoms with Crippen molar-refractivity contribution in [3.8, 4) is 0 Å². The molecule has 1 aromatic rings. The minimum absolute atomic E-state index is 0.495. The predicted molar refractivity (Wildman–Crippen MR) is 103 cm³/mol. The number of anilines is 1. The van der Waals surface area contributed by atoms with Gasteiger partial charge >= 0.3 is 0 Å². The lowest BCUT2D eigenvalue weighted by atomic mass is 10.3. The zero-order valence-electron chi connectivity index (χ0n) is 15.6. The van der Waals surface area contributed by atoms with Gasteiger partial charge in [-0.3, -0.25) is 4.90 Å². The lowest BCUT2D eigenvalue weighted by molar-refractivity contribution is 0.0376. The highest BCUT2D eigenvalue weighted by Crippen LogP contribution is 2.11. The zero-order chi connectivity index (χ0) is 17.9. The van der Waals surface area contributed by atoms with Crippen molar-refractivity contribution in [3.05, 3.63) is 23.9 Å². The second-order valence-electron chi connectivity index (χ2n) is 6.13. The molecule has 1 aromatic heterocycles. The third-order valence-electron chi connectivity index (χ3n) is 4.39. The molecule has 1 aliphatic rings. The van der Waals surface area contributed by atoms with Crippen molar-refractivity contribution in [2.75, 3.05) is 57.4 Å². The molecule has 7 nitrogen and oxygen atoms in total. The molecular weight excluding hydrogens is 316 g/mol. The van der Waals surface area contributed by atoms with Crippen LogP contribution in [0.2, 0.25) is 0 Å². The first-order chi connectivity index (χ1) is 12.2. The fraction of sp³-hybridized carbons (Fsp3) is 0.667. The van der Waals surface area contributed by atoms with Crippen LogP contribution < -0.4 is 16.0 Å². The Morgan fingerprint density at radius 1 is 1.32 bits per heavy atom. The van der Waals surface area contributed by atoms with Gasteiger partial charge in [0, 0.05) is 38.9 Å². The van der Waals surface area contributed by atoms with E-state index >= 15 is 0 Å². The average molecular weight is 348 g/mol. The second kappa shape index (κ2) is 10.9. The van der Waals surface area contributed by atoms with E-state index in [0.29, 0.717) is 12.5 Å². The van der Waals surface area contributed by atoms with Gasteiger partial charge in [0.2, 0.25) is 0 Å². The Balaban J connectivity index is 1.67. The van der Waals surface area contributed by atoms with Crippen molar-refractivity contribution in [1.29, 1.82) is 0 Å². The summed E-state index contributed by atoms with van der Waals surface area (Å²) in [5, 5.41) is 3.18. The first-order valence-corrected chi connectivity index (χ1v) is 9.26. The quantitative estimate of drug-likeness (QED) is 0.395. The molecule has 0 aromatic carbocycles. The highest BCUT2D eigenvalue weighted by atomic mass is 16.5. The van der Waals surface area contributed by atoms with E-state index in [4.69, 9.17) is 10.5 Å². The summed E-state index contributed by atoms with van der Waals surface area (Å²) in [5.41, 5.74) is 7.00. The second-order valence-corrected chi connectivity index (χ2v) is 6.13. The smallest absolute Gasteiger partial charge is 0.188 e. The molecule has 0 saturated carbocycles. The SMILES string of the molecule is CCN(CC)c1ccc(CN=C(N)NCCCN2CCOCC2)cn1. The maximum Gasteiger partial charge on any atom is 0.188 e. The van der Waals surface area contributed by atoms with Crippen LogP contribution in [0, 0.1) is 0 Å². The topological polar surface area (TPSA) is 79.0 Å². The molecule has 140 valence electrons. The molecule has 0 unspecified atom stereocenters. The number of rotatable bonds is 9. The number of aromatic nitrogens is 1. The van der Waals surface area contributed by atoms with Gasteiger partial charge in [0.15, 0.2) is 5.96 Å². The molecule has 0 amide bonds. The lowest BCUT2D eigenvalue weighted by Crippen LogP contribution is -2.39. The largest absolute Gasteiger partial charge is 0.379 e. The monoisotopic (exact) mass is 348 g/mol. The molecule has 0 radical (unpaired) electrons. The van der Waals surface area contributed by atoms with E-state index < -0.39 is 0 Å². The van der Waals surface area contributed by atoms with E-state index in [1.807, 2.05) is 12.3 Å². The maximum absolute atomic E-state index is 5.94. The third-order valence-corrected chi connectivity index (χ3v) is 4.39. The number of guanidine groups is 1. The van der Waals surface area contributed by atoms with Gasteiger partial charge in [0.25, 0.3) is 0 Å². The van der Waals surface area contributed by atoms with Crippen molar-refractivity contribution in [2.45, 2.75) is 26.8 Å². The van der Waals surface area contributed by atoms with E-state index in [9.17, 15) is 0 Å². The highest BCUT2D eigenvalue weighted by molar-refractivity contribution is 5.77. The van der Waals surface area contributed by atoms with Gasteiger partial charge in [-0.1, -0.05) is 6.07 Å². The summed E-state index contributed by atoms with van der Waals surface area (Å²) >= 11 is 0. The number of nitrogens with two attached hydrogens (primary N) is 1. The summed E-state index contributed by atoms with van der Waals surface area (Å²) in [4.78, 5) is 13.5. The van der Waals surface area contributed by atoms with E-state index in [0.717, 1.165) is 70.3 Å². The fourth-order valence-corrected chi connectivity index (χ4v) is 2.82. The summed E-state index contributed by atoms with van der Waals surface area (Å²) in [5.74, 6) is 1.50. The number of ether oxygens (including phenoxy) is 1. The van der Waals surface area contributed by atoms with Crippen LogP contribution in [0.4, 0.5) is 5.82 Å². The van der Waals surface area contributed by atoms with Crippen LogP contribution in [0.1, 0.15) is 25.8 Å². The van der Waals surface area contributed by atoms with E-state index in [2.05, 4.69) is 45.0 Å². The van der Waals surface area contributed by atoms with E-state index in [1.165, 1.54) is 0 Å². The summed E-state index contributed by atoms with van der Waals surface area (Å²) in [6.07, 6.45) is 2.93. The first-order valence-electron chi connectivity index (χ1n) is 9.26. The first kappa shape index (κ1) is 19.5. The van der Waals surface area contributed by atoms with Crippen LogP contribution >= 0.6 is 0 Å². The highest BCUT2D eigenvalue weighted by Gasteiger charge is 2.09. The van der Waals surface area contributed by atoms with Crippen molar-refractivity contribution >= 4 is 11.8 Å². The minimum atomic E-state index is 0.495. The van der Waals surface area contributed by atoms with E-state index in [1.54, 1.807) is 0 Å². The van der Waals surface area contributed by atoms with E-state index in [-0.39, 0.29) is 0 Å². The Morgan fingerprint density at radius 3 is 2.72 bits per heavy atom. The molecule has 1 saturated heterocycles. The maximum atomic E-state index is 5.94. The van der Waals surface area contributed by atoms with Crippen molar-refractivity contribution in [1.82, 2.24) is 15.2 Å². The van der Waals surface area contributed by atoms with Gasteiger partial charge in [-0.05, 0) is 38.4 Å². The predicted octanol–water partition coefficient (Wildman–Crippen LogP) is 1.05. The van der Waals surface area contributed by atoms with Gasteiger partial charge in [0.1, 0.15) is 5.82 Å². The number of pyridine rings is 1. The van der Waals surface area contributed by atoms with Crippen molar-refractivity contribution in [3.63, 3.8) is 0 Å². The van der Waals surface area contributed by atoms with Gasteiger partial charge in [-0.2, -0.15) is 0 Å². The minimum Gasteiger partial charge on any atom is -0.379 e. The average Bonchev–Trinajstić information content (AvgIpc) is 2.66.